The van der Waals surface area contributed by atoms with Crippen LogP contribution in [0, 0.1) is 23.7 Å². The summed E-state index contributed by atoms with van der Waals surface area (Å²) < 4.78 is 11.5. The van der Waals surface area contributed by atoms with Gasteiger partial charge >= 0.3 is 0 Å². The van der Waals surface area contributed by atoms with Crippen LogP contribution in [0.15, 0.2) is 12.2 Å². The Kier molecular flexibility index (Phi) is 3.04. The molecule has 0 aromatic rings. The Bertz CT molecular complexity index is 312. The van der Waals surface area contributed by atoms with Crippen molar-refractivity contribution in [1.29, 1.82) is 0 Å². The number of ether oxygens (including phenoxy) is 2. The highest BCUT2D eigenvalue weighted by atomic mass is 16.7. The molecule has 17 heavy (non-hydrogen) atoms. The van der Waals surface area contributed by atoms with Crippen LogP contribution in [-0.2, 0) is 9.47 Å². The number of hydrogen-bond acceptors (Lipinski definition) is 2. The van der Waals surface area contributed by atoms with E-state index < -0.39 is 0 Å². The van der Waals surface area contributed by atoms with Gasteiger partial charge in [-0.2, -0.15) is 0 Å². The van der Waals surface area contributed by atoms with Crippen LogP contribution in [0.1, 0.15) is 39.0 Å². The van der Waals surface area contributed by atoms with Crippen molar-refractivity contribution in [2.45, 2.75) is 51.4 Å². The molecule has 1 saturated heterocycles. The van der Waals surface area contributed by atoms with Crippen LogP contribution in [0.4, 0.5) is 0 Å². The highest BCUT2D eigenvalue weighted by Gasteiger charge is 2.50. The SMILES string of the molecule is C=C1[C@@H]2[C@H](C[C@H]3CCCC[C@H]13)[C@@H](OC)O[C@H]2C. The van der Waals surface area contributed by atoms with Gasteiger partial charge in [0.1, 0.15) is 0 Å². The predicted octanol–water partition coefficient (Wildman–Crippen LogP) is 3.38. The van der Waals surface area contributed by atoms with Crippen molar-refractivity contribution in [2.24, 2.45) is 23.7 Å². The Morgan fingerprint density at radius 1 is 1.29 bits per heavy atom. The maximum Gasteiger partial charge on any atom is 0.161 e. The molecule has 0 bridgehead atoms. The minimum Gasteiger partial charge on any atom is -0.356 e. The maximum absolute atomic E-state index is 5.95. The van der Waals surface area contributed by atoms with Crippen molar-refractivity contribution in [3.63, 3.8) is 0 Å². The van der Waals surface area contributed by atoms with Crippen molar-refractivity contribution in [3.8, 4) is 0 Å². The van der Waals surface area contributed by atoms with E-state index in [9.17, 15) is 0 Å². The molecular formula is C15H24O2. The molecule has 3 rings (SSSR count). The standard InChI is InChI=1S/C15H24O2/c1-9-12-7-5-4-6-11(12)8-13-14(9)10(2)17-15(13)16-3/h10-15H,1,4-8H2,2-3H3/t10-,11+,12+,13-,14-,15-/m0/s1. The van der Waals surface area contributed by atoms with Gasteiger partial charge in [-0.05, 0) is 38.0 Å². The third-order valence-corrected chi connectivity index (χ3v) is 5.29. The molecule has 0 amide bonds. The van der Waals surface area contributed by atoms with Gasteiger partial charge in [0.05, 0.1) is 6.10 Å². The van der Waals surface area contributed by atoms with E-state index in [1.54, 1.807) is 7.11 Å². The van der Waals surface area contributed by atoms with Gasteiger partial charge < -0.3 is 9.47 Å². The van der Waals surface area contributed by atoms with Crippen molar-refractivity contribution < 1.29 is 9.47 Å². The average Bonchev–Trinajstić information content (AvgIpc) is 2.66. The fourth-order valence-corrected chi connectivity index (χ4v) is 4.55. The average molecular weight is 236 g/mol. The second-order valence-corrected chi connectivity index (χ2v) is 6.10. The highest BCUT2D eigenvalue weighted by Crippen LogP contribution is 2.53. The van der Waals surface area contributed by atoms with Crippen LogP contribution in [0.3, 0.4) is 0 Å². The summed E-state index contributed by atoms with van der Waals surface area (Å²) in [7, 11) is 1.77. The molecule has 0 aromatic heterocycles. The normalized spacial score (nSPS) is 49.9. The van der Waals surface area contributed by atoms with Crippen molar-refractivity contribution >= 4 is 0 Å². The molecular weight excluding hydrogens is 212 g/mol. The second kappa shape index (κ2) is 4.40. The van der Waals surface area contributed by atoms with Gasteiger partial charge in [-0.3, -0.25) is 0 Å². The number of rotatable bonds is 1. The van der Waals surface area contributed by atoms with Crippen molar-refractivity contribution in [1.82, 2.24) is 0 Å². The van der Waals surface area contributed by atoms with Crippen molar-refractivity contribution in [2.75, 3.05) is 7.11 Å². The lowest BCUT2D eigenvalue weighted by atomic mass is 9.61. The summed E-state index contributed by atoms with van der Waals surface area (Å²) in [5.74, 6) is 2.72. The molecule has 1 heterocycles. The predicted molar refractivity (Wildman–Crippen MR) is 67.5 cm³/mol. The van der Waals surface area contributed by atoms with E-state index in [4.69, 9.17) is 9.47 Å². The van der Waals surface area contributed by atoms with Gasteiger partial charge in [0.15, 0.2) is 6.29 Å². The zero-order chi connectivity index (χ0) is 12.0. The minimum absolute atomic E-state index is 0.00891. The van der Waals surface area contributed by atoms with Crippen LogP contribution >= 0.6 is 0 Å². The van der Waals surface area contributed by atoms with E-state index in [1.165, 1.54) is 37.7 Å². The number of hydrogen-bond donors (Lipinski definition) is 0. The number of methoxy groups -OCH3 is 1. The Morgan fingerprint density at radius 2 is 2.06 bits per heavy atom. The largest absolute Gasteiger partial charge is 0.356 e. The molecule has 0 radical (unpaired) electrons. The molecule has 0 N–H and O–H groups in total. The van der Waals surface area contributed by atoms with E-state index in [0.717, 1.165) is 11.8 Å². The Hall–Kier alpha value is -0.340. The monoisotopic (exact) mass is 236 g/mol. The Balaban J connectivity index is 1.85. The lowest BCUT2D eigenvalue weighted by Gasteiger charge is -2.44. The number of fused-ring (bicyclic) bond motifs is 2. The fourth-order valence-electron chi connectivity index (χ4n) is 4.55. The second-order valence-electron chi connectivity index (χ2n) is 6.10. The molecule has 6 atom stereocenters. The van der Waals surface area contributed by atoms with Gasteiger partial charge in [0.25, 0.3) is 0 Å². The first kappa shape index (κ1) is 11.7. The van der Waals surface area contributed by atoms with Gasteiger partial charge in [0.2, 0.25) is 0 Å². The molecule has 3 aliphatic rings. The van der Waals surface area contributed by atoms with E-state index in [2.05, 4.69) is 13.5 Å². The first-order valence-electron chi connectivity index (χ1n) is 7.09. The van der Waals surface area contributed by atoms with Gasteiger partial charge in [-0.1, -0.05) is 25.0 Å². The summed E-state index contributed by atoms with van der Waals surface area (Å²) >= 11 is 0. The molecule has 96 valence electrons. The summed E-state index contributed by atoms with van der Waals surface area (Å²) in [6, 6.07) is 0. The topological polar surface area (TPSA) is 18.5 Å². The van der Waals surface area contributed by atoms with E-state index in [-0.39, 0.29) is 6.29 Å². The molecule has 2 heteroatoms. The lowest BCUT2D eigenvalue weighted by molar-refractivity contribution is -0.131. The molecule has 0 aromatic carbocycles. The zero-order valence-electron chi connectivity index (χ0n) is 11.0. The summed E-state index contributed by atoms with van der Waals surface area (Å²) in [6.45, 7) is 6.61. The van der Waals surface area contributed by atoms with E-state index >= 15 is 0 Å². The molecule has 0 unspecified atom stereocenters. The molecule has 1 aliphatic heterocycles. The third kappa shape index (κ3) is 1.77. The van der Waals surface area contributed by atoms with Crippen LogP contribution in [0.2, 0.25) is 0 Å². The highest BCUT2D eigenvalue weighted by molar-refractivity contribution is 5.18. The van der Waals surface area contributed by atoms with Crippen molar-refractivity contribution in [3.05, 3.63) is 12.2 Å². The molecule has 2 saturated carbocycles. The Labute approximate surface area is 104 Å². The smallest absolute Gasteiger partial charge is 0.161 e. The summed E-state index contributed by atoms with van der Waals surface area (Å²) in [5, 5.41) is 0. The fraction of sp³-hybridized carbons (Fsp3) is 0.867. The van der Waals surface area contributed by atoms with Gasteiger partial charge in [-0.25, -0.2) is 0 Å². The zero-order valence-corrected chi connectivity index (χ0v) is 11.0. The van der Waals surface area contributed by atoms with Crippen LogP contribution in [0.25, 0.3) is 0 Å². The summed E-state index contributed by atoms with van der Waals surface area (Å²) in [5.41, 5.74) is 1.47. The first-order chi connectivity index (χ1) is 8.22. The third-order valence-electron chi connectivity index (χ3n) is 5.29. The van der Waals surface area contributed by atoms with Crippen LogP contribution < -0.4 is 0 Å². The van der Waals surface area contributed by atoms with Gasteiger partial charge in [-0.15, -0.1) is 0 Å². The molecule has 2 nitrogen and oxygen atoms in total. The molecule has 2 aliphatic carbocycles. The maximum atomic E-state index is 5.95. The molecule has 0 spiro atoms. The summed E-state index contributed by atoms with van der Waals surface area (Å²) in [6.07, 6.45) is 7.13. The Morgan fingerprint density at radius 3 is 2.82 bits per heavy atom. The molecule has 3 fully saturated rings. The summed E-state index contributed by atoms with van der Waals surface area (Å²) in [4.78, 5) is 0. The minimum atomic E-state index is 0.00891. The lowest BCUT2D eigenvalue weighted by Crippen LogP contribution is -2.38. The van der Waals surface area contributed by atoms with E-state index in [1.807, 2.05) is 0 Å². The first-order valence-corrected chi connectivity index (χ1v) is 7.09. The van der Waals surface area contributed by atoms with Crippen LogP contribution in [0.5, 0.6) is 0 Å². The van der Waals surface area contributed by atoms with Crippen LogP contribution in [-0.4, -0.2) is 19.5 Å². The van der Waals surface area contributed by atoms with E-state index in [0.29, 0.717) is 17.9 Å². The quantitative estimate of drug-likeness (QED) is 0.650. The van der Waals surface area contributed by atoms with Gasteiger partial charge in [0, 0.05) is 18.9 Å².